The van der Waals surface area contributed by atoms with Crippen molar-refractivity contribution in [2.75, 3.05) is 14.2 Å². The summed E-state index contributed by atoms with van der Waals surface area (Å²) in [5.41, 5.74) is 0. The van der Waals surface area contributed by atoms with Gasteiger partial charge in [0.2, 0.25) is 0 Å². The van der Waals surface area contributed by atoms with Crippen molar-refractivity contribution in [2.45, 2.75) is 0 Å². The molecular formula is C9H11NO3. The van der Waals surface area contributed by atoms with E-state index in [0.29, 0.717) is 11.5 Å². The average molecular weight is 181 g/mol. The largest absolute Gasteiger partial charge is 0.493 e. The third kappa shape index (κ3) is 2.37. The van der Waals surface area contributed by atoms with Crippen molar-refractivity contribution in [1.29, 1.82) is 0 Å². The van der Waals surface area contributed by atoms with E-state index in [9.17, 15) is 4.79 Å². The van der Waals surface area contributed by atoms with Gasteiger partial charge in [0.25, 0.3) is 0 Å². The number of carbonyl (C=O) groups is 1. The van der Waals surface area contributed by atoms with Gasteiger partial charge in [-0.25, -0.2) is 4.79 Å². The second-order valence-electron chi connectivity index (χ2n) is 2.29. The van der Waals surface area contributed by atoms with Gasteiger partial charge in [-0.3, -0.25) is 0 Å². The van der Waals surface area contributed by atoms with Crippen LogP contribution in [-0.4, -0.2) is 20.3 Å². The van der Waals surface area contributed by atoms with Gasteiger partial charge in [-0.05, 0) is 12.1 Å². The highest BCUT2D eigenvalue weighted by molar-refractivity contribution is 5.70. The Kier molecular flexibility index (Phi) is 3.14. The van der Waals surface area contributed by atoms with E-state index in [-0.39, 0.29) is 0 Å². The molecule has 1 aromatic carbocycles. The highest BCUT2D eigenvalue weighted by atomic mass is 16.6. The van der Waals surface area contributed by atoms with E-state index in [4.69, 9.17) is 9.47 Å². The minimum Gasteiger partial charge on any atom is -0.493 e. The summed E-state index contributed by atoms with van der Waals surface area (Å²) < 4.78 is 9.90. The third-order valence-corrected chi connectivity index (χ3v) is 1.48. The van der Waals surface area contributed by atoms with Gasteiger partial charge in [0.1, 0.15) is 0 Å². The minimum absolute atomic E-state index is 0.407. The smallest absolute Gasteiger partial charge is 0.412 e. The molecule has 0 saturated carbocycles. The number of nitrogens with one attached hydrogen (secondary N) is 1. The van der Waals surface area contributed by atoms with Gasteiger partial charge in [-0.2, -0.15) is 0 Å². The molecule has 0 aliphatic carbocycles. The van der Waals surface area contributed by atoms with Gasteiger partial charge in [0.05, 0.1) is 7.11 Å². The number of hydrogen-bond donors (Lipinski definition) is 1. The van der Waals surface area contributed by atoms with Crippen molar-refractivity contribution < 1.29 is 14.3 Å². The number of ether oxygens (including phenoxy) is 2. The van der Waals surface area contributed by atoms with Crippen LogP contribution in [0.5, 0.6) is 11.5 Å². The van der Waals surface area contributed by atoms with Gasteiger partial charge in [-0.15, -0.1) is 0 Å². The summed E-state index contributed by atoms with van der Waals surface area (Å²) in [5.74, 6) is 0.940. The molecule has 0 fully saturated rings. The Morgan fingerprint density at radius 3 is 2.46 bits per heavy atom. The molecule has 13 heavy (non-hydrogen) atoms. The predicted molar refractivity (Wildman–Crippen MR) is 48.1 cm³/mol. The minimum atomic E-state index is -0.510. The van der Waals surface area contributed by atoms with Crippen LogP contribution in [0.25, 0.3) is 0 Å². The summed E-state index contributed by atoms with van der Waals surface area (Å²) >= 11 is 0. The summed E-state index contributed by atoms with van der Waals surface area (Å²) in [4.78, 5) is 10.9. The average Bonchev–Trinajstić information content (AvgIpc) is 2.18. The van der Waals surface area contributed by atoms with Crippen LogP contribution in [0.15, 0.2) is 24.3 Å². The zero-order chi connectivity index (χ0) is 9.68. The molecule has 0 aliphatic heterocycles. The highest BCUT2D eigenvalue weighted by Gasteiger charge is 2.06. The van der Waals surface area contributed by atoms with Gasteiger partial charge in [0.15, 0.2) is 11.5 Å². The Bertz CT molecular complexity index is 299. The second-order valence-corrected chi connectivity index (χ2v) is 2.29. The Labute approximate surface area is 76.5 Å². The molecular weight excluding hydrogens is 170 g/mol. The topological polar surface area (TPSA) is 47.6 Å². The molecule has 1 rings (SSSR count). The summed E-state index contributed by atoms with van der Waals surface area (Å²) in [5, 5.41) is 2.35. The molecule has 4 heteroatoms. The molecule has 70 valence electrons. The van der Waals surface area contributed by atoms with Crippen molar-refractivity contribution in [3.8, 4) is 11.5 Å². The van der Waals surface area contributed by atoms with Crippen LogP contribution < -0.4 is 14.8 Å². The van der Waals surface area contributed by atoms with E-state index in [1.54, 1.807) is 24.3 Å². The molecule has 4 nitrogen and oxygen atoms in total. The normalized spacial score (nSPS) is 9.08. The summed E-state index contributed by atoms with van der Waals surface area (Å²) in [6.45, 7) is 0. The number of rotatable bonds is 2. The first-order valence-corrected chi connectivity index (χ1v) is 3.80. The maximum absolute atomic E-state index is 10.9. The van der Waals surface area contributed by atoms with E-state index >= 15 is 0 Å². The summed E-state index contributed by atoms with van der Waals surface area (Å²) in [6.07, 6.45) is -0.510. The van der Waals surface area contributed by atoms with E-state index in [0.717, 1.165) is 0 Å². The first-order valence-electron chi connectivity index (χ1n) is 3.80. The molecule has 1 amide bonds. The second kappa shape index (κ2) is 4.35. The number of para-hydroxylation sites is 2. The van der Waals surface area contributed by atoms with Crippen LogP contribution in [0.2, 0.25) is 0 Å². The molecule has 0 saturated heterocycles. The summed E-state index contributed by atoms with van der Waals surface area (Å²) in [6, 6.07) is 6.95. The van der Waals surface area contributed by atoms with Gasteiger partial charge in [-0.1, -0.05) is 12.1 Å². The Hall–Kier alpha value is -1.71. The maximum Gasteiger partial charge on any atom is 0.412 e. The van der Waals surface area contributed by atoms with Crippen LogP contribution >= 0.6 is 0 Å². The van der Waals surface area contributed by atoms with E-state index in [2.05, 4.69) is 5.32 Å². The Morgan fingerprint density at radius 2 is 1.92 bits per heavy atom. The molecule has 0 bridgehead atoms. The molecule has 0 unspecified atom stereocenters. The molecule has 0 aromatic heterocycles. The molecule has 0 aliphatic rings. The molecule has 1 aromatic rings. The number of amides is 1. The lowest BCUT2D eigenvalue weighted by atomic mass is 10.3. The third-order valence-electron chi connectivity index (χ3n) is 1.48. The molecule has 0 atom stereocenters. The quantitative estimate of drug-likeness (QED) is 0.750. The predicted octanol–water partition coefficient (Wildman–Crippen LogP) is 1.41. The standard InChI is InChI=1S/C9H11NO3/c1-10-9(11)13-8-6-4-3-5-7(8)12-2/h3-6H,1-2H3,(H,10,11). The van der Waals surface area contributed by atoms with Crippen molar-refractivity contribution in [3.05, 3.63) is 24.3 Å². The van der Waals surface area contributed by atoms with Crippen molar-refractivity contribution in [3.63, 3.8) is 0 Å². The van der Waals surface area contributed by atoms with E-state index < -0.39 is 6.09 Å². The van der Waals surface area contributed by atoms with Gasteiger partial charge >= 0.3 is 6.09 Å². The van der Waals surface area contributed by atoms with Crippen LogP contribution in [0.3, 0.4) is 0 Å². The Balaban J connectivity index is 2.81. The van der Waals surface area contributed by atoms with Crippen LogP contribution in [0, 0.1) is 0 Å². The molecule has 0 heterocycles. The van der Waals surface area contributed by atoms with Crippen molar-refractivity contribution in [1.82, 2.24) is 5.32 Å². The van der Waals surface area contributed by atoms with E-state index in [1.165, 1.54) is 14.2 Å². The lowest BCUT2D eigenvalue weighted by Gasteiger charge is -2.07. The lowest BCUT2D eigenvalue weighted by molar-refractivity contribution is 0.201. The molecule has 1 N–H and O–H groups in total. The molecule has 0 spiro atoms. The number of carbonyl (C=O) groups excluding carboxylic acids is 1. The number of methoxy groups -OCH3 is 1. The zero-order valence-corrected chi connectivity index (χ0v) is 7.53. The fraction of sp³-hybridized carbons (Fsp3) is 0.222. The number of benzene rings is 1. The first kappa shape index (κ1) is 9.38. The lowest BCUT2D eigenvalue weighted by Crippen LogP contribution is -2.22. The van der Waals surface area contributed by atoms with Crippen LogP contribution in [0.1, 0.15) is 0 Å². The fourth-order valence-corrected chi connectivity index (χ4v) is 0.854. The fourth-order valence-electron chi connectivity index (χ4n) is 0.854. The Morgan fingerprint density at radius 1 is 1.31 bits per heavy atom. The maximum atomic E-state index is 10.9. The van der Waals surface area contributed by atoms with Crippen LogP contribution in [0.4, 0.5) is 4.79 Å². The van der Waals surface area contributed by atoms with Crippen LogP contribution in [-0.2, 0) is 0 Å². The highest BCUT2D eigenvalue weighted by Crippen LogP contribution is 2.25. The van der Waals surface area contributed by atoms with Crippen molar-refractivity contribution >= 4 is 6.09 Å². The monoisotopic (exact) mass is 181 g/mol. The zero-order valence-electron chi connectivity index (χ0n) is 7.53. The number of hydrogen-bond acceptors (Lipinski definition) is 3. The first-order chi connectivity index (χ1) is 6.27. The van der Waals surface area contributed by atoms with E-state index in [1.807, 2.05) is 0 Å². The molecule has 0 radical (unpaired) electrons. The van der Waals surface area contributed by atoms with Crippen molar-refractivity contribution in [2.24, 2.45) is 0 Å². The van der Waals surface area contributed by atoms with Gasteiger partial charge < -0.3 is 14.8 Å². The van der Waals surface area contributed by atoms with Gasteiger partial charge in [0, 0.05) is 7.05 Å². The summed E-state index contributed by atoms with van der Waals surface area (Å²) in [7, 11) is 3.02. The SMILES string of the molecule is CNC(=O)Oc1ccccc1OC.